The normalized spacial score (nSPS) is 11.3. The maximum Gasteiger partial charge on any atom is 0.330 e. The molecule has 0 aliphatic rings. The second-order valence-corrected chi connectivity index (χ2v) is 5.54. The van der Waals surface area contributed by atoms with Crippen LogP contribution in [-0.2, 0) is 0 Å². The summed E-state index contributed by atoms with van der Waals surface area (Å²) in [5, 5.41) is 4.00. The van der Waals surface area contributed by atoms with Gasteiger partial charge in [0.05, 0.1) is 17.6 Å². The van der Waals surface area contributed by atoms with Gasteiger partial charge in [0.1, 0.15) is 0 Å². The van der Waals surface area contributed by atoms with Crippen LogP contribution in [0.5, 0.6) is 0 Å². The molecule has 4 aromatic rings. The molecule has 8 heteroatoms. The number of hydrogen-bond donors (Lipinski definition) is 1. The van der Waals surface area contributed by atoms with Crippen molar-refractivity contribution in [1.29, 1.82) is 0 Å². The molecule has 0 amide bonds. The smallest absolute Gasteiger partial charge is 0.330 e. The van der Waals surface area contributed by atoms with Crippen molar-refractivity contribution in [3.8, 4) is 17.1 Å². The Hall–Kier alpha value is -3.81. The van der Waals surface area contributed by atoms with E-state index in [1.165, 1.54) is 0 Å². The second-order valence-electron chi connectivity index (χ2n) is 5.54. The van der Waals surface area contributed by atoms with Crippen LogP contribution >= 0.6 is 0 Å². The molecule has 0 bridgehead atoms. The summed E-state index contributed by atoms with van der Waals surface area (Å²) < 4.78 is 6.83. The molecule has 128 valence electrons. The zero-order chi connectivity index (χ0) is 17.9. The Morgan fingerprint density at radius 2 is 2.15 bits per heavy atom. The van der Waals surface area contributed by atoms with Crippen molar-refractivity contribution in [2.75, 3.05) is 0 Å². The lowest BCUT2D eigenvalue weighted by atomic mass is 10.2. The molecule has 3 aromatic heterocycles. The van der Waals surface area contributed by atoms with Gasteiger partial charge >= 0.3 is 5.69 Å². The van der Waals surface area contributed by atoms with Gasteiger partial charge in [0, 0.05) is 35.9 Å². The summed E-state index contributed by atoms with van der Waals surface area (Å²) in [6, 6.07) is 7.39. The highest BCUT2D eigenvalue weighted by molar-refractivity contribution is 5.65. The van der Waals surface area contributed by atoms with E-state index in [-0.39, 0.29) is 5.69 Å². The highest BCUT2D eigenvalue weighted by Crippen LogP contribution is 2.20. The van der Waals surface area contributed by atoms with Gasteiger partial charge < -0.3 is 9.51 Å². The van der Waals surface area contributed by atoms with Crippen LogP contribution in [0.25, 0.3) is 29.2 Å². The first kappa shape index (κ1) is 15.7. The highest BCUT2D eigenvalue weighted by atomic mass is 16.5. The summed E-state index contributed by atoms with van der Waals surface area (Å²) in [6.07, 6.45) is 9.92. The molecule has 0 unspecified atom stereocenters. The van der Waals surface area contributed by atoms with Crippen LogP contribution in [0.3, 0.4) is 0 Å². The summed E-state index contributed by atoms with van der Waals surface area (Å²) in [5.41, 5.74) is 2.79. The van der Waals surface area contributed by atoms with Gasteiger partial charge in [0.2, 0.25) is 5.82 Å². The highest BCUT2D eigenvalue weighted by Gasteiger charge is 2.10. The van der Waals surface area contributed by atoms with E-state index in [2.05, 4.69) is 25.1 Å². The Kier molecular flexibility index (Phi) is 3.98. The van der Waals surface area contributed by atoms with Gasteiger partial charge in [-0.15, -0.1) is 0 Å². The van der Waals surface area contributed by atoms with E-state index in [9.17, 15) is 4.79 Å². The predicted molar refractivity (Wildman–Crippen MR) is 95.4 cm³/mol. The standard InChI is InChI=1S/C18H14N6O2/c1-12-10-21-18(25)24(12)15-4-2-3-13(9-15)17-22-16(26-23-17)6-5-14-11-19-7-8-20-14/h2-11H,1H3,(H,21,25)/b6-5+. The van der Waals surface area contributed by atoms with Crippen LogP contribution in [0, 0.1) is 6.92 Å². The third kappa shape index (κ3) is 3.07. The molecular weight excluding hydrogens is 332 g/mol. The molecule has 0 fully saturated rings. The van der Waals surface area contributed by atoms with Crippen molar-refractivity contribution in [1.82, 2.24) is 29.7 Å². The number of aryl methyl sites for hydroxylation is 1. The summed E-state index contributed by atoms with van der Waals surface area (Å²) >= 11 is 0. The summed E-state index contributed by atoms with van der Waals surface area (Å²) in [5.74, 6) is 0.790. The Bertz CT molecular complexity index is 1120. The van der Waals surface area contributed by atoms with E-state index in [0.29, 0.717) is 17.4 Å². The number of aromatic nitrogens is 6. The topological polar surface area (TPSA) is 102 Å². The van der Waals surface area contributed by atoms with Crippen LogP contribution in [0.1, 0.15) is 17.3 Å². The first-order valence-corrected chi connectivity index (χ1v) is 7.86. The minimum absolute atomic E-state index is 0.194. The molecule has 3 heterocycles. The Morgan fingerprint density at radius 3 is 2.92 bits per heavy atom. The fraction of sp³-hybridized carbons (Fsp3) is 0.0556. The lowest BCUT2D eigenvalue weighted by molar-refractivity contribution is 0.411. The number of nitrogens with one attached hydrogen (secondary N) is 1. The Labute approximate surface area is 147 Å². The SMILES string of the molecule is Cc1c[nH]c(=O)n1-c1cccc(-c2noc(/C=C/c3cnccn3)n2)c1. The molecule has 0 radical (unpaired) electrons. The number of nitrogens with zero attached hydrogens (tertiary/aromatic N) is 5. The van der Waals surface area contributed by atoms with E-state index in [4.69, 9.17) is 4.52 Å². The number of rotatable bonds is 4. The predicted octanol–water partition coefficient (Wildman–Crippen LogP) is 2.48. The van der Waals surface area contributed by atoms with E-state index < -0.39 is 0 Å². The Morgan fingerprint density at radius 1 is 1.23 bits per heavy atom. The van der Waals surface area contributed by atoms with Crippen LogP contribution in [-0.4, -0.2) is 29.7 Å². The Balaban J connectivity index is 1.63. The maximum atomic E-state index is 11.9. The molecule has 0 spiro atoms. The number of hydrogen-bond acceptors (Lipinski definition) is 6. The largest absolute Gasteiger partial charge is 0.334 e. The van der Waals surface area contributed by atoms with Crippen LogP contribution < -0.4 is 5.69 Å². The third-order valence-corrected chi connectivity index (χ3v) is 3.74. The quantitative estimate of drug-likeness (QED) is 0.609. The molecule has 0 aliphatic carbocycles. The number of H-pyrrole nitrogens is 1. The second kappa shape index (κ2) is 6.60. The molecule has 26 heavy (non-hydrogen) atoms. The first-order chi connectivity index (χ1) is 12.7. The summed E-state index contributed by atoms with van der Waals surface area (Å²) in [6.45, 7) is 1.86. The number of aromatic amines is 1. The lowest BCUT2D eigenvalue weighted by Gasteiger charge is -2.04. The van der Waals surface area contributed by atoms with E-state index in [1.807, 2.05) is 31.2 Å². The summed E-state index contributed by atoms with van der Waals surface area (Å²) in [7, 11) is 0. The minimum Gasteiger partial charge on any atom is -0.334 e. The van der Waals surface area contributed by atoms with Gasteiger partial charge in [-0.1, -0.05) is 17.3 Å². The van der Waals surface area contributed by atoms with E-state index in [1.54, 1.807) is 41.5 Å². The van der Waals surface area contributed by atoms with E-state index in [0.717, 1.165) is 16.9 Å². The van der Waals surface area contributed by atoms with Crippen molar-refractivity contribution in [2.24, 2.45) is 0 Å². The van der Waals surface area contributed by atoms with Crippen molar-refractivity contribution >= 4 is 12.2 Å². The lowest BCUT2D eigenvalue weighted by Crippen LogP contribution is -2.15. The van der Waals surface area contributed by atoms with Gasteiger partial charge in [-0.05, 0) is 25.1 Å². The average Bonchev–Trinajstić information content (AvgIpc) is 3.28. The van der Waals surface area contributed by atoms with Crippen molar-refractivity contribution < 1.29 is 4.52 Å². The number of imidazole rings is 1. The third-order valence-electron chi connectivity index (χ3n) is 3.74. The van der Waals surface area contributed by atoms with Crippen molar-refractivity contribution in [3.05, 3.63) is 76.8 Å². The number of benzene rings is 1. The molecular formula is C18H14N6O2. The molecule has 8 nitrogen and oxygen atoms in total. The molecule has 0 atom stereocenters. The minimum atomic E-state index is -0.194. The van der Waals surface area contributed by atoms with Crippen molar-refractivity contribution in [3.63, 3.8) is 0 Å². The fourth-order valence-corrected chi connectivity index (χ4v) is 2.53. The van der Waals surface area contributed by atoms with Gasteiger partial charge in [0.25, 0.3) is 5.89 Å². The molecule has 4 rings (SSSR count). The first-order valence-electron chi connectivity index (χ1n) is 7.86. The van der Waals surface area contributed by atoms with Crippen molar-refractivity contribution in [2.45, 2.75) is 6.92 Å². The van der Waals surface area contributed by atoms with E-state index >= 15 is 0 Å². The summed E-state index contributed by atoms with van der Waals surface area (Å²) in [4.78, 5) is 27.1. The monoisotopic (exact) mass is 346 g/mol. The fourth-order valence-electron chi connectivity index (χ4n) is 2.53. The zero-order valence-electron chi connectivity index (χ0n) is 13.8. The van der Waals surface area contributed by atoms with Gasteiger partial charge in [-0.2, -0.15) is 4.98 Å². The van der Waals surface area contributed by atoms with Crippen LogP contribution in [0.4, 0.5) is 0 Å². The molecule has 0 saturated heterocycles. The zero-order valence-corrected chi connectivity index (χ0v) is 13.8. The van der Waals surface area contributed by atoms with Crippen LogP contribution in [0.15, 0.2) is 58.4 Å². The van der Waals surface area contributed by atoms with Gasteiger partial charge in [0.15, 0.2) is 0 Å². The maximum absolute atomic E-state index is 11.9. The molecule has 1 aromatic carbocycles. The molecule has 0 aliphatic heterocycles. The average molecular weight is 346 g/mol. The van der Waals surface area contributed by atoms with Crippen LogP contribution in [0.2, 0.25) is 0 Å². The molecule has 0 saturated carbocycles. The van der Waals surface area contributed by atoms with Gasteiger partial charge in [-0.3, -0.25) is 14.5 Å². The van der Waals surface area contributed by atoms with Gasteiger partial charge in [-0.25, -0.2) is 4.79 Å². The molecule has 1 N–H and O–H groups in total.